The van der Waals surface area contributed by atoms with Gasteiger partial charge >= 0.3 is 0 Å². The molecule has 0 fully saturated rings. The lowest BCUT2D eigenvalue weighted by Gasteiger charge is -2.19. The van der Waals surface area contributed by atoms with E-state index in [2.05, 4.69) is 4.18 Å². The van der Waals surface area contributed by atoms with Gasteiger partial charge in [0.1, 0.15) is 6.10 Å². The summed E-state index contributed by atoms with van der Waals surface area (Å²) in [6.07, 6.45) is -0.332. The largest absolute Gasteiger partial charge is 0.353 e. The monoisotopic (exact) mass is 198 g/mol. The Morgan fingerprint density at radius 3 is 1.83 bits per heavy atom. The molecular formula is C6H14O5S. The molecule has 0 spiro atoms. The van der Waals surface area contributed by atoms with Crippen LogP contribution in [0.5, 0.6) is 0 Å². The van der Waals surface area contributed by atoms with Crippen LogP contribution < -0.4 is 0 Å². The van der Waals surface area contributed by atoms with E-state index in [1.807, 2.05) is 0 Å². The van der Waals surface area contributed by atoms with Gasteiger partial charge in [0.15, 0.2) is 6.29 Å². The first-order valence-corrected chi connectivity index (χ1v) is 5.16. The van der Waals surface area contributed by atoms with Crippen LogP contribution in [0.25, 0.3) is 0 Å². The average molecular weight is 198 g/mol. The van der Waals surface area contributed by atoms with Gasteiger partial charge < -0.3 is 9.47 Å². The molecule has 0 bridgehead atoms. The number of hydrogen-bond acceptors (Lipinski definition) is 5. The summed E-state index contributed by atoms with van der Waals surface area (Å²) in [6.45, 7) is 1.55. The Kier molecular flexibility index (Phi) is 4.69. The molecule has 0 heterocycles. The minimum atomic E-state index is -3.45. The lowest BCUT2D eigenvalue weighted by Crippen LogP contribution is -2.31. The molecule has 0 amide bonds. The Balaban J connectivity index is 4.10. The fourth-order valence-corrected chi connectivity index (χ4v) is 1.44. The molecule has 0 aromatic heterocycles. The molecule has 0 saturated heterocycles. The third-order valence-electron chi connectivity index (χ3n) is 1.17. The fraction of sp³-hybridized carbons (Fsp3) is 1.00. The molecule has 0 aliphatic carbocycles. The SMILES string of the molecule is COC(OC)C(C)OS(C)(=O)=O. The zero-order chi connectivity index (χ0) is 9.78. The Labute approximate surface area is 72.7 Å². The van der Waals surface area contributed by atoms with Crippen molar-refractivity contribution >= 4 is 10.1 Å². The van der Waals surface area contributed by atoms with E-state index in [1.54, 1.807) is 6.92 Å². The van der Waals surface area contributed by atoms with E-state index in [9.17, 15) is 8.42 Å². The van der Waals surface area contributed by atoms with Gasteiger partial charge in [0, 0.05) is 14.2 Å². The zero-order valence-electron chi connectivity index (χ0n) is 7.60. The molecule has 0 rings (SSSR count). The third kappa shape index (κ3) is 4.66. The smallest absolute Gasteiger partial charge is 0.264 e. The number of methoxy groups -OCH3 is 2. The van der Waals surface area contributed by atoms with Gasteiger partial charge in [-0.05, 0) is 6.92 Å². The van der Waals surface area contributed by atoms with Crippen molar-refractivity contribution in [3.05, 3.63) is 0 Å². The molecule has 6 heteroatoms. The highest BCUT2D eigenvalue weighted by molar-refractivity contribution is 7.86. The van der Waals surface area contributed by atoms with E-state index in [0.29, 0.717) is 0 Å². The molecule has 5 nitrogen and oxygen atoms in total. The molecule has 74 valence electrons. The standard InChI is InChI=1S/C6H14O5S/c1-5(6(9-2)10-3)11-12(4,7)8/h5-6H,1-4H3. The van der Waals surface area contributed by atoms with Crippen molar-refractivity contribution < 1.29 is 22.1 Å². The highest BCUT2D eigenvalue weighted by atomic mass is 32.2. The second kappa shape index (κ2) is 4.76. The normalized spacial score (nSPS) is 15.1. The van der Waals surface area contributed by atoms with Gasteiger partial charge in [0.2, 0.25) is 0 Å². The van der Waals surface area contributed by atoms with E-state index in [1.165, 1.54) is 14.2 Å². The topological polar surface area (TPSA) is 61.8 Å². The van der Waals surface area contributed by atoms with Crippen LogP contribution in [0.15, 0.2) is 0 Å². The highest BCUT2D eigenvalue weighted by Crippen LogP contribution is 2.05. The Hall–Kier alpha value is -0.170. The first-order chi connectivity index (χ1) is 5.40. The Bertz CT molecular complexity index is 206. The van der Waals surface area contributed by atoms with Crippen molar-refractivity contribution in [1.82, 2.24) is 0 Å². The second-order valence-corrected chi connectivity index (χ2v) is 3.95. The predicted molar refractivity (Wildman–Crippen MR) is 43.2 cm³/mol. The van der Waals surface area contributed by atoms with Gasteiger partial charge in [0.25, 0.3) is 10.1 Å². The van der Waals surface area contributed by atoms with Crippen LogP contribution in [0.4, 0.5) is 0 Å². The molecule has 0 aromatic rings. The molecule has 0 aliphatic heterocycles. The predicted octanol–water partition coefficient (Wildman–Crippen LogP) is -0.0300. The summed E-state index contributed by atoms with van der Waals surface area (Å²) < 4.78 is 35.5. The molecule has 0 N–H and O–H groups in total. The van der Waals surface area contributed by atoms with Crippen LogP contribution in [0.1, 0.15) is 6.92 Å². The Morgan fingerprint density at radius 2 is 1.58 bits per heavy atom. The summed E-state index contributed by atoms with van der Waals surface area (Å²) in [5.74, 6) is 0. The summed E-state index contributed by atoms with van der Waals surface area (Å²) in [5.41, 5.74) is 0. The van der Waals surface area contributed by atoms with Crippen LogP contribution in [0.2, 0.25) is 0 Å². The van der Waals surface area contributed by atoms with Gasteiger partial charge in [-0.15, -0.1) is 0 Å². The molecule has 0 radical (unpaired) electrons. The fourth-order valence-electron chi connectivity index (χ4n) is 0.801. The molecule has 12 heavy (non-hydrogen) atoms. The van der Waals surface area contributed by atoms with E-state index < -0.39 is 22.5 Å². The van der Waals surface area contributed by atoms with Gasteiger partial charge in [-0.25, -0.2) is 0 Å². The summed E-state index contributed by atoms with van der Waals surface area (Å²) in [6, 6.07) is 0. The number of hydrogen-bond donors (Lipinski definition) is 0. The first kappa shape index (κ1) is 11.8. The maximum atomic E-state index is 10.6. The molecular weight excluding hydrogens is 184 g/mol. The van der Waals surface area contributed by atoms with Gasteiger partial charge in [0.05, 0.1) is 6.26 Å². The van der Waals surface area contributed by atoms with Crippen molar-refractivity contribution in [3.8, 4) is 0 Å². The van der Waals surface area contributed by atoms with Gasteiger partial charge in [-0.2, -0.15) is 8.42 Å². The Morgan fingerprint density at radius 1 is 1.17 bits per heavy atom. The number of ether oxygens (including phenoxy) is 2. The summed E-state index contributed by atoms with van der Waals surface area (Å²) in [5, 5.41) is 0. The van der Waals surface area contributed by atoms with Crippen LogP contribution in [0.3, 0.4) is 0 Å². The van der Waals surface area contributed by atoms with Crippen LogP contribution in [-0.4, -0.2) is 41.3 Å². The lowest BCUT2D eigenvalue weighted by atomic mass is 10.4. The van der Waals surface area contributed by atoms with E-state index in [0.717, 1.165) is 6.26 Å². The van der Waals surface area contributed by atoms with Crippen LogP contribution in [-0.2, 0) is 23.8 Å². The van der Waals surface area contributed by atoms with E-state index in [4.69, 9.17) is 9.47 Å². The van der Waals surface area contributed by atoms with Crippen molar-refractivity contribution in [2.75, 3.05) is 20.5 Å². The zero-order valence-corrected chi connectivity index (χ0v) is 8.42. The quantitative estimate of drug-likeness (QED) is 0.458. The number of rotatable bonds is 5. The summed E-state index contributed by atoms with van der Waals surface area (Å²) >= 11 is 0. The average Bonchev–Trinajstić information content (AvgIpc) is 1.85. The molecule has 0 saturated carbocycles. The van der Waals surface area contributed by atoms with Crippen molar-refractivity contribution in [2.45, 2.75) is 19.3 Å². The van der Waals surface area contributed by atoms with Crippen molar-refractivity contribution in [2.24, 2.45) is 0 Å². The first-order valence-electron chi connectivity index (χ1n) is 3.34. The molecule has 0 aromatic carbocycles. The van der Waals surface area contributed by atoms with Crippen LogP contribution in [0, 0.1) is 0 Å². The van der Waals surface area contributed by atoms with Gasteiger partial charge in [-0.1, -0.05) is 0 Å². The van der Waals surface area contributed by atoms with Gasteiger partial charge in [-0.3, -0.25) is 4.18 Å². The van der Waals surface area contributed by atoms with E-state index in [-0.39, 0.29) is 0 Å². The summed E-state index contributed by atoms with van der Waals surface area (Å²) in [7, 11) is -0.623. The lowest BCUT2D eigenvalue weighted by molar-refractivity contribution is -0.149. The maximum Gasteiger partial charge on any atom is 0.264 e. The molecule has 1 unspecified atom stereocenters. The van der Waals surface area contributed by atoms with Crippen LogP contribution >= 0.6 is 0 Å². The maximum absolute atomic E-state index is 10.6. The second-order valence-electron chi connectivity index (χ2n) is 2.35. The summed E-state index contributed by atoms with van der Waals surface area (Å²) in [4.78, 5) is 0. The minimum Gasteiger partial charge on any atom is -0.353 e. The highest BCUT2D eigenvalue weighted by Gasteiger charge is 2.20. The minimum absolute atomic E-state index is 0.644. The third-order valence-corrected chi connectivity index (χ3v) is 1.83. The molecule has 0 aliphatic rings. The van der Waals surface area contributed by atoms with E-state index >= 15 is 0 Å². The van der Waals surface area contributed by atoms with Crippen molar-refractivity contribution in [3.63, 3.8) is 0 Å². The van der Waals surface area contributed by atoms with Crippen molar-refractivity contribution in [1.29, 1.82) is 0 Å². The molecule has 1 atom stereocenters.